The Morgan fingerprint density at radius 2 is 0.973 bits per heavy atom. The summed E-state index contributed by atoms with van der Waals surface area (Å²) in [4.78, 5) is 21.8. The van der Waals surface area contributed by atoms with Gasteiger partial charge in [-0.25, -0.2) is 4.79 Å². The van der Waals surface area contributed by atoms with Crippen molar-refractivity contribution in [1.29, 1.82) is 0 Å². The number of hydrogen-bond acceptors (Lipinski definition) is 11. The first-order chi connectivity index (χ1) is 18.1. The number of carbonyl (C=O) groups is 2. The number of benzene rings is 1. The third-order valence-corrected chi connectivity index (χ3v) is 4.35. The summed E-state index contributed by atoms with van der Waals surface area (Å²) in [5, 5.41) is 2.70. The lowest BCUT2D eigenvalue weighted by Gasteiger charge is -2.09. The Hall–Kier alpha value is -2.32. The molecule has 0 bridgehead atoms. The standard InChI is InChI=1S/C25H41NO11/c1-22(27)26-23-3-5-24(6-4-23)37-20-19-35-16-15-33-12-11-31-8-7-30-9-10-32-13-14-34-17-18-36-21-25(28)29-2/h3-6H,7-21H2,1-2H3,(H,26,27). The third-order valence-electron chi connectivity index (χ3n) is 4.35. The molecule has 12 heteroatoms. The van der Waals surface area contributed by atoms with E-state index in [0.717, 1.165) is 5.69 Å². The number of carbonyl (C=O) groups excluding carboxylic acids is 2. The van der Waals surface area contributed by atoms with Gasteiger partial charge in [-0.1, -0.05) is 0 Å². The number of rotatable bonds is 25. The van der Waals surface area contributed by atoms with Gasteiger partial charge in [-0.3, -0.25) is 4.79 Å². The lowest BCUT2D eigenvalue weighted by Crippen LogP contribution is -2.16. The molecule has 0 radical (unpaired) electrons. The van der Waals surface area contributed by atoms with Crippen molar-refractivity contribution in [3.8, 4) is 5.75 Å². The molecule has 0 saturated heterocycles. The minimum absolute atomic E-state index is 0.0717. The Morgan fingerprint density at radius 1 is 0.595 bits per heavy atom. The van der Waals surface area contributed by atoms with E-state index >= 15 is 0 Å². The van der Waals surface area contributed by atoms with Crippen molar-refractivity contribution < 1.29 is 52.2 Å². The van der Waals surface area contributed by atoms with E-state index in [4.69, 9.17) is 37.9 Å². The van der Waals surface area contributed by atoms with Gasteiger partial charge in [0.25, 0.3) is 0 Å². The van der Waals surface area contributed by atoms with Gasteiger partial charge in [0.1, 0.15) is 19.0 Å². The number of nitrogens with one attached hydrogen (secondary N) is 1. The average Bonchev–Trinajstić information content (AvgIpc) is 2.89. The van der Waals surface area contributed by atoms with Crippen LogP contribution in [0.5, 0.6) is 5.75 Å². The first kappa shape index (κ1) is 32.7. The van der Waals surface area contributed by atoms with Gasteiger partial charge in [0.2, 0.25) is 5.91 Å². The first-order valence-corrected chi connectivity index (χ1v) is 12.2. The van der Waals surface area contributed by atoms with Crippen molar-refractivity contribution >= 4 is 17.6 Å². The molecular weight excluding hydrogens is 490 g/mol. The van der Waals surface area contributed by atoms with Crippen LogP contribution >= 0.6 is 0 Å². The van der Waals surface area contributed by atoms with Crippen LogP contribution in [0.2, 0.25) is 0 Å². The second kappa shape index (κ2) is 24.0. The Morgan fingerprint density at radius 3 is 1.35 bits per heavy atom. The van der Waals surface area contributed by atoms with E-state index in [2.05, 4.69) is 10.1 Å². The number of hydrogen-bond donors (Lipinski definition) is 1. The predicted octanol–water partition coefficient (Wildman–Crippen LogP) is 1.31. The summed E-state index contributed by atoms with van der Waals surface area (Å²) in [6.45, 7) is 7.73. The normalized spacial score (nSPS) is 10.9. The second-order valence-electron chi connectivity index (χ2n) is 7.36. The SMILES string of the molecule is COC(=O)COCCOCCOCCOCCOCCOCCOCCOc1ccc(NC(C)=O)cc1. The number of esters is 1. The highest BCUT2D eigenvalue weighted by molar-refractivity contribution is 5.88. The molecule has 0 unspecified atom stereocenters. The summed E-state index contributed by atoms with van der Waals surface area (Å²) in [6, 6.07) is 7.15. The van der Waals surface area contributed by atoms with Crippen LogP contribution in [0.4, 0.5) is 5.69 Å². The molecule has 0 spiro atoms. The molecule has 37 heavy (non-hydrogen) atoms. The average molecular weight is 532 g/mol. The molecule has 1 aromatic rings. The highest BCUT2D eigenvalue weighted by atomic mass is 16.6. The zero-order valence-corrected chi connectivity index (χ0v) is 21.9. The van der Waals surface area contributed by atoms with Crippen LogP contribution in [-0.2, 0) is 47.5 Å². The van der Waals surface area contributed by atoms with Crippen LogP contribution in [0.3, 0.4) is 0 Å². The van der Waals surface area contributed by atoms with Crippen LogP contribution in [0, 0.1) is 0 Å². The molecule has 1 N–H and O–H groups in total. The van der Waals surface area contributed by atoms with Crippen LogP contribution in [0.15, 0.2) is 24.3 Å². The number of methoxy groups -OCH3 is 1. The Labute approximate surface area is 218 Å². The van der Waals surface area contributed by atoms with Crippen molar-refractivity contribution in [3.63, 3.8) is 0 Å². The minimum Gasteiger partial charge on any atom is -0.491 e. The molecule has 0 aliphatic carbocycles. The maximum absolute atomic E-state index is 11.0. The molecule has 1 rings (SSSR count). The Balaban J connectivity index is 1.73. The zero-order chi connectivity index (χ0) is 26.8. The fourth-order valence-corrected chi connectivity index (χ4v) is 2.59. The lowest BCUT2D eigenvalue weighted by atomic mass is 10.3. The summed E-state index contributed by atoms with van der Waals surface area (Å²) < 4.78 is 47.5. The Kier molecular flexibility index (Phi) is 21.3. The van der Waals surface area contributed by atoms with Crippen LogP contribution in [-0.4, -0.2) is 118 Å². The van der Waals surface area contributed by atoms with Gasteiger partial charge >= 0.3 is 5.97 Å². The van der Waals surface area contributed by atoms with E-state index in [1.165, 1.54) is 14.0 Å². The quantitative estimate of drug-likeness (QED) is 0.145. The summed E-state index contributed by atoms with van der Waals surface area (Å²) >= 11 is 0. The molecule has 0 fully saturated rings. The fraction of sp³-hybridized carbons (Fsp3) is 0.680. The van der Waals surface area contributed by atoms with Crippen molar-refractivity contribution in [2.45, 2.75) is 6.92 Å². The van der Waals surface area contributed by atoms with Gasteiger partial charge in [-0.2, -0.15) is 0 Å². The van der Waals surface area contributed by atoms with E-state index < -0.39 is 5.97 Å². The molecule has 0 aliphatic heterocycles. The molecular formula is C25H41NO11. The minimum atomic E-state index is -0.410. The first-order valence-electron chi connectivity index (χ1n) is 12.2. The summed E-state index contributed by atoms with van der Waals surface area (Å²) in [5.74, 6) is 0.193. The maximum Gasteiger partial charge on any atom is 0.331 e. The Bertz CT molecular complexity index is 688. The van der Waals surface area contributed by atoms with Crippen molar-refractivity contribution in [3.05, 3.63) is 24.3 Å². The summed E-state index contributed by atoms with van der Waals surface area (Å²) in [5.41, 5.74) is 0.729. The fourth-order valence-electron chi connectivity index (χ4n) is 2.59. The second-order valence-corrected chi connectivity index (χ2v) is 7.36. The van der Waals surface area contributed by atoms with Gasteiger partial charge in [0.05, 0.1) is 93.0 Å². The number of anilines is 1. The zero-order valence-electron chi connectivity index (χ0n) is 21.9. The van der Waals surface area contributed by atoms with Gasteiger partial charge in [0.15, 0.2) is 0 Å². The third kappa shape index (κ3) is 21.5. The summed E-state index contributed by atoms with van der Waals surface area (Å²) in [6.07, 6.45) is 0. The lowest BCUT2D eigenvalue weighted by molar-refractivity contribution is -0.146. The number of amides is 1. The van der Waals surface area contributed by atoms with Crippen LogP contribution < -0.4 is 10.1 Å². The molecule has 1 amide bonds. The monoisotopic (exact) mass is 531 g/mol. The van der Waals surface area contributed by atoms with E-state index in [1.54, 1.807) is 24.3 Å². The van der Waals surface area contributed by atoms with Crippen LogP contribution in [0.1, 0.15) is 6.92 Å². The van der Waals surface area contributed by atoms with E-state index in [1.807, 2.05) is 0 Å². The molecule has 0 atom stereocenters. The van der Waals surface area contributed by atoms with Gasteiger partial charge in [-0.15, -0.1) is 0 Å². The predicted molar refractivity (Wildman–Crippen MR) is 134 cm³/mol. The molecule has 0 saturated carbocycles. The number of ether oxygens (including phenoxy) is 9. The van der Waals surface area contributed by atoms with E-state index in [9.17, 15) is 9.59 Å². The molecule has 0 heterocycles. The topological polar surface area (TPSA) is 129 Å². The van der Waals surface area contributed by atoms with Gasteiger partial charge in [0, 0.05) is 12.6 Å². The summed E-state index contributed by atoms with van der Waals surface area (Å²) in [7, 11) is 1.31. The van der Waals surface area contributed by atoms with Gasteiger partial charge < -0.3 is 47.9 Å². The molecule has 212 valence electrons. The highest BCUT2D eigenvalue weighted by Gasteiger charge is 2.00. The largest absolute Gasteiger partial charge is 0.491 e. The molecule has 0 aliphatic rings. The maximum atomic E-state index is 11.0. The smallest absolute Gasteiger partial charge is 0.331 e. The highest BCUT2D eigenvalue weighted by Crippen LogP contribution is 2.15. The van der Waals surface area contributed by atoms with Crippen molar-refractivity contribution in [1.82, 2.24) is 0 Å². The van der Waals surface area contributed by atoms with E-state index in [-0.39, 0.29) is 12.5 Å². The molecule has 0 aromatic heterocycles. The van der Waals surface area contributed by atoms with Crippen molar-refractivity contribution in [2.24, 2.45) is 0 Å². The van der Waals surface area contributed by atoms with Gasteiger partial charge in [-0.05, 0) is 24.3 Å². The molecule has 12 nitrogen and oxygen atoms in total. The molecule has 1 aromatic carbocycles. The van der Waals surface area contributed by atoms with Crippen LogP contribution in [0.25, 0.3) is 0 Å². The van der Waals surface area contributed by atoms with Crippen molar-refractivity contribution in [2.75, 3.05) is 112 Å². The van der Waals surface area contributed by atoms with E-state index in [0.29, 0.717) is 98.2 Å².